The van der Waals surface area contributed by atoms with Gasteiger partial charge < -0.3 is 14.6 Å². The number of carbonyl (C=O) groups is 1. The van der Waals surface area contributed by atoms with E-state index in [1.165, 1.54) is 19.3 Å². The smallest absolute Gasteiger partial charge is 0.357 e. The van der Waals surface area contributed by atoms with Crippen LogP contribution in [-0.2, 0) is 10.1 Å². The molecule has 158 valence electrons. The van der Waals surface area contributed by atoms with Crippen LogP contribution in [0.15, 0.2) is 77.7 Å². The van der Waals surface area contributed by atoms with Crippen LogP contribution in [0, 0.1) is 14.1 Å². The molecule has 1 N–H and O–H groups in total. The van der Waals surface area contributed by atoms with E-state index in [2.05, 4.69) is 23.5 Å². The molecule has 3 aromatic carbocycles. The fraction of sp³-hybridized carbons (Fsp3) is 0.136. The molecule has 30 heavy (non-hydrogen) atoms. The number of rotatable bonds is 5. The highest BCUT2D eigenvalue weighted by Crippen LogP contribution is 2.08. The van der Waals surface area contributed by atoms with Crippen LogP contribution in [-0.4, -0.2) is 33.0 Å². The molecule has 0 aliphatic carbocycles. The first-order valence-electron chi connectivity index (χ1n) is 8.86. The molecule has 3 aromatic rings. The fourth-order valence-electron chi connectivity index (χ4n) is 2.30. The molecule has 0 unspecified atom stereocenters. The minimum absolute atomic E-state index is 0.0411. The molecule has 1 amide bonds. The van der Waals surface area contributed by atoms with Gasteiger partial charge in [-0.3, -0.25) is 4.79 Å². The van der Waals surface area contributed by atoms with Crippen molar-refractivity contribution in [2.24, 2.45) is 0 Å². The maximum Gasteiger partial charge on any atom is 0.357 e. The van der Waals surface area contributed by atoms with Crippen molar-refractivity contribution in [3.63, 3.8) is 0 Å². The van der Waals surface area contributed by atoms with Crippen LogP contribution in [0.5, 0.6) is 5.75 Å². The van der Waals surface area contributed by atoms with Crippen molar-refractivity contribution >= 4 is 16.0 Å². The molecule has 0 aliphatic heterocycles. The predicted molar refractivity (Wildman–Crippen MR) is 109 cm³/mol. The number of hydrogen-bond acceptors (Lipinski definition) is 5. The van der Waals surface area contributed by atoms with E-state index in [1.807, 2.05) is 37.3 Å². The van der Waals surface area contributed by atoms with Crippen molar-refractivity contribution in [1.82, 2.24) is 5.32 Å². The van der Waals surface area contributed by atoms with Crippen LogP contribution >= 0.6 is 0 Å². The number of nitrogens with one attached hydrogen (secondary N) is 1. The summed E-state index contributed by atoms with van der Waals surface area (Å²) in [7, 11) is -0.960. The molecule has 0 saturated carbocycles. The summed E-state index contributed by atoms with van der Waals surface area (Å²) in [4.78, 5) is 11.4. The minimum atomic E-state index is -4.27. The zero-order valence-electron chi connectivity index (χ0n) is 16.8. The van der Waals surface area contributed by atoms with Crippen molar-refractivity contribution in [3.05, 3.63) is 91.1 Å². The average Bonchev–Trinajstić information content (AvgIpc) is 2.74. The molecule has 0 heterocycles. The number of benzene rings is 3. The van der Waals surface area contributed by atoms with Gasteiger partial charge in [0, 0.05) is 18.7 Å². The summed E-state index contributed by atoms with van der Waals surface area (Å²) < 4.78 is 38.8. The Kier molecular flexibility index (Phi) is 8.82. The van der Waals surface area contributed by atoms with E-state index in [0.717, 1.165) is 11.3 Å². The summed E-state index contributed by atoms with van der Waals surface area (Å²) in [6.45, 7) is 1.82. The molecule has 0 radical (unpaired) electrons. The first kappa shape index (κ1) is 23.8. The van der Waals surface area contributed by atoms with Gasteiger partial charge in [-0.2, -0.15) is 0 Å². The lowest BCUT2D eigenvalue weighted by Gasteiger charge is -2.05. The number of hydrogen-bond donors (Lipinski definition) is 1. The fourth-order valence-corrected chi connectivity index (χ4v) is 5.08. The highest BCUT2D eigenvalue weighted by Gasteiger charge is 2.17. The molecule has 0 aliphatic rings. The molecular weight excluding hydrogens is 517 g/mol. The van der Waals surface area contributed by atoms with E-state index in [9.17, 15) is 17.8 Å². The third-order valence-corrected chi connectivity index (χ3v) is 7.38. The second-order valence-electron chi connectivity index (χ2n) is 6.11. The van der Waals surface area contributed by atoms with Crippen molar-refractivity contribution in [2.75, 3.05) is 14.2 Å². The first-order chi connectivity index (χ1) is 14.2. The van der Waals surface area contributed by atoms with E-state index in [0.29, 0.717) is 5.56 Å². The van der Waals surface area contributed by atoms with E-state index >= 15 is 0 Å². The molecule has 0 bridgehead atoms. The Hall–Kier alpha value is -2.43. The lowest BCUT2D eigenvalue weighted by Crippen LogP contribution is -3.61. The number of ether oxygens (including phenoxy) is 1. The van der Waals surface area contributed by atoms with Crippen LogP contribution in [0.1, 0.15) is 15.9 Å². The van der Waals surface area contributed by atoms with Crippen molar-refractivity contribution < 1.29 is 43.7 Å². The standard InChI is InChI=1S/C15H14INO2.C7H8O3S/c1-17-15(18)11-4-3-5-13(10-11)16-12-6-8-14(19-2)9-7-12;1-6-2-4-7(5-3-6)11(8,9)10/h3-10H,1-2H3;2-5H,1H3,(H,8,9,10). The maximum absolute atomic E-state index is 11.6. The number of amides is 1. The van der Waals surface area contributed by atoms with Crippen LogP contribution < -0.4 is 31.3 Å². The van der Waals surface area contributed by atoms with Gasteiger partial charge in [-0.05, 0) is 55.5 Å². The molecule has 6 nitrogen and oxygen atoms in total. The molecule has 0 fully saturated rings. The van der Waals surface area contributed by atoms with Crippen LogP contribution in [0.4, 0.5) is 0 Å². The van der Waals surface area contributed by atoms with Crippen LogP contribution in [0.25, 0.3) is 0 Å². The van der Waals surface area contributed by atoms with Gasteiger partial charge >= 0.3 is 21.2 Å². The summed E-state index contributed by atoms with van der Waals surface area (Å²) in [5, 5.41) is 2.64. The van der Waals surface area contributed by atoms with Gasteiger partial charge in [0.05, 0.1) is 12.0 Å². The Morgan fingerprint density at radius 2 is 1.60 bits per heavy atom. The normalized spacial score (nSPS) is 10.5. The third-order valence-electron chi connectivity index (χ3n) is 3.89. The Bertz CT molecular complexity index is 1080. The summed E-state index contributed by atoms with van der Waals surface area (Å²) in [6, 6.07) is 21.7. The second kappa shape index (κ2) is 11.1. The summed E-state index contributed by atoms with van der Waals surface area (Å²) >= 11 is -0.273. The largest absolute Gasteiger partial charge is 0.744 e. The van der Waals surface area contributed by atoms with Gasteiger partial charge in [0.1, 0.15) is 15.9 Å². The van der Waals surface area contributed by atoms with Crippen molar-refractivity contribution in [3.8, 4) is 5.75 Å². The topological polar surface area (TPSA) is 95.5 Å². The highest BCUT2D eigenvalue weighted by molar-refractivity contribution is 7.85. The molecular formula is C22H22INO5S. The molecule has 8 heteroatoms. The van der Waals surface area contributed by atoms with Gasteiger partial charge in [-0.25, -0.2) is 8.42 Å². The highest BCUT2D eigenvalue weighted by atomic mass is 127. The summed E-state index contributed by atoms with van der Waals surface area (Å²) in [5.74, 6) is 0.826. The quantitative estimate of drug-likeness (QED) is 0.366. The van der Waals surface area contributed by atoms with E-state index < -0.39 is 10.1 Å². The molecule has 0 spiro atoms. The van der Waals surface area contributed by atoms with Gasteiger partial charge in [-0.1, -0.05) is 23.8 Å². The van der Waals surface area contributed by atoms with E-state index in [-0.39, 0.29) is 32.0 Å². The summed E-state index contributed by atoms with van der Waals surface area (Å²) in [6.07, 6.45) is 0. The second-order valence-corrected chi connectivity index (χ2v) is 10.5. The number of halogens is 1. The Balaban J connectivity index is 0.000000248. The Morgan fingerprint density at radius 3 is 2.13 bits per heavy atom. The summed E-state index contributed by atoms with van der Waals surface area (Å²) in [5.41, 5.74) is 1.64. The number of aryl methyl sites for hydroxylation is 1. The van der Waals surface area contributed by atoms with Crippen molar-refractivity contribution in [1.29, 1.82) is 0 Å². The Labute approximate surface area is 187 Å². The van der Waals surface area contributed by atoms with E-state index in [4.69, 9.17) is 4.74 Å². The third kappa shape index (κ3) is 7.43. The SMILES string of the molecule is CNC(=O)c1cccc([I+]c2ccc(OC)cc2)c1.Cc1ccc(S(=O)(=O)[O-])cc1. The maximum atomic E-state index is 11.6. The number of methoxy groups -OCH3 is 1. The average molecular weight is 539 g/mol. The molecule has 0 aromatic heterocycles. The van der Waals surface area contributed by atoms with Gasteiger partial charge in [0.2, 0.25) is 0 Å². The first-order valence-corrected chi connectivity index (χ1v) is 12.4. The van der Waals surface area contributed by atoms with Crippen LogP contribution in [0.3, 0.4) is 0 Å². The predicted octanol–water partition coefficient (Wildman–Crippen LogP) is 0.0823. The lowest BCUT2D eigenvalue weighted by atomic mass is 10.2. The molecule has 0 saturated heterocycles. The van der Waals surface area contributed by atoms with Crippen LogP contribution in [0.2, 0.25) is 0 Å². The molecule has 3 rings (SSSR count). The lowest BCUT2D eigenvalue weighted by molar-refractivity contribution is -0.597. The zero-order valence-corrected chi connectivity index (χ0v) is 19.7. The zero-order chi connectivity index (χ0) is 22.1. The van der Waals surface area contributed by atoms with Crippen molar-refractivity contribution in [2.45, 2.75) is 11.8 Å². The minimum Gasteiger partial charge on any atom is -0.744 e. The monoisotopic (exact) mass is 539 g/mol. The molecule has 0 atom stereocenters. The van der Waals surface area contributed by atoms with Gasteiger partial charge in [0.25, 0.3) is 5.91 Å². The number of carbonyl (C=O) groups excluding carboxylic acids is 1. The van der Waals surface area contributed by atoms with E-state index in [1.54, 1.807) is 26.3 Å². The van der Waals surface area contributed by atoms with Gasteiger partial charge in [-0.15, -0.1) is 0 Å². The van der Waals surface area contributed by atoms with Gasteiger partial charge in [0.15, 0.2) is 7.14 Å². The Morgan fingerprint density at radius 1 is 0.967 bits per heavy atom.